The fourth-order valence-corrected chi connectivity index (χ4v) is 2.76. The molecule has 0 spiro atoms. The molecule has 0 atom stereocenters. The molecule has 10 heteroatoms. The first-order chi connectivity index (χ1) is 12.9. The minimum absolute atomic E-state index is 0.130. The number of carbonyl (C=O) groups is 1. The molecular weight excluding hydrogens is 371 g/mol. The van der Waals surface area contributed by atoms with Gasteiger partial charge in [-0.25, -0.2) is 19.4 Å². The molecule has 8 nitrogen and oxygen atoms in total. The Hall–Kier alpha value is -3.40. The van der Waals surface area contributed by atoms with Crippen molar-refractivity contribution in [2.75, 3.05) is 5.32 Å². The van der Waals surface area contributed by atoms with Crippen LogP contribution in [0.25, 0.3) is 0 Å². The second-order valence-corrected chi connectivity index (χ2v) is 6.34. The van der Waals surface area contributed by atoms with E-state index in [-0.39, 0.29) is 28.7 Å². The van der Waals surface area contributed by atoms with Gasteiger partial charge in [0.2, 0.25) is 0 Å². The number of thiazole rings is 1. The quantitative estimate of drug-likeness (QED) is 0.513. The first-order valence-electron chi connectivity index (χ1n) is 7.73. The number of nitrogens with zero attached hydrogens (tertiary/aromatic N) is 4. The molecule has 0 radical (unpaired) electrons. The minimum atomic E-state index is -0.544. The monoisotopic (exact) mass is 386 g/mol. The zero-order valence-corrected chi connectivity index (χ0v) is 15.2. The number of aromatic nitrogens is 3. The van der Waals surface area contributed by atoms with E-state index in [1.807, 2.05) is 12.3 Å². The molecule has 3 heterocycles. The van der Waals surface area contributed by atoms with Gasteiger partial charge in [0, 0.05) is 11.4 Å². The number of aliphatic imine (C=N–C) groups is 1. The van der Waals surface area contributed by atoms with Crippen LogP contribution in [0.4, 0.5) is 15.3 Å². The molecule has 3 rings (SSSR count). The van der Waals surface area contributed by atoms with Crippen LogP contribution in [-0.4, -0.2) is 26.7 Å². The third-order valence-electron chi connectivity index (χ3n) is 3.12. The molecule has 0 aliphatic rings. The van der Waals surface area contributed by atoms with Crippen LogP contribution in [-0.2, 0) is 0 Å². The van der Waals surface area contributed by atoms with E-state index in [4.69, 9.17) is 10.5 Å². The highest BCUT2D eigenvalue weighted by Crippen LogP contribution is 2.27. The fraction of sp³-hybridized carbons (Fsp3) is 0.118. The number of carbonyl (C=O) groups excluding carboxylic acids is 1. The van der Waals surface area contributed by atoms with Crippen LogP contribution in [0.15, 0.2) is 41.1 Å². The van der Waals surface area contributed by atoms with Crippen molar-refractivity contribution in [2.24, 2.45) is 10.7 Å². The molecule has 0 bridgehead atoms. The van der Waals surface area contributed by atoms with Crippen LogP contribution in [0, 0.1) is 12.7 Å². The molecule has 0 aliphatic heterocycles. The number of nitrogens with one attached hydrogen (secondary N) is 1. The Kier molecular flexibility index (Phi) is 5.36. The van der Waals surface area contributed by atoms with Crippen molar-refractivity contribution < 1.29 is 13.9 Å². The van der Waals surface area contributed by atoms with E-state index in [2.05, 4.69) is 25.3 Å². The van der Waals surface area contributed by atoms with E-state index >= 15 is 0 Å². The topological polar surface area (TPSA) is 115 Å². The largest absolute Gasteiger partial charge is 0.454 e. The summed E-state index contributed by atoms with van der Waals surface area (Å²) in [5, 5.41) is 4.94. The van der Waals surface area contributed by atoms with Crippen LogP contribution in [0.5, 0.6) is 11.5 Å². The van der Waals surface area contributed by atoms with E-state index in [0.29, 0.717) is 5.13 Å². The van der Waals surface area contributed by atoms with Gasteiger partial charge in [0.25, 0.3) is 5.91 Å². The summed E-state index contributed by atoms with van der Waals surface area (Å²) in [7, 11) is 0. The van der Waals surface area contributed by atoms with Crippen molar-refractivity contribution >= 4 is 34.0 Å². The van der Waals surface area contributed by atoms with Gasteiger partial charge in [0.15, 0.2) is 10.9 Å². The third-order valence-corrected chi connectivity index (χ3v) is 4.00. The second kappa shape index (κ2) is 7.87. The summed E-state index contributed by atoms with van der Waals surface area (Å²) in [6.45, 7) is 3.40. The maximum atomic E-state index is 13.3. The number of anilines is 1. The van der Waals surface area contributed by atoms with Crippen molar-refractivity contribution in [1.29, 1.82) is 0 Å². The standard InChI is InChI=1S/C17H15FN6O2S/c1-9-8-27-17(22-9)24-16(25)14-4-13(7-21-15(14)23-10(2)19)26-12-3-11(18)5-20-6-12/h3-8H,1-2H3,(H2,19,21,23)(H,22,24,25). The summed E-state index contributed by atoms with van der Waals surface area (Å²) >= 11 is 1.30. The number of nitrogens with two attached hydrogens (primary N) is 1. The summed E-state index contributed by atoms with van der Waals surface area (Å²) in [5.41, 5.74) is 6.54. The highest BCUT2D eigenvalue weighted by Gasteiger charge is 2.16. The van der Waals surface area contributed by atoms with Gasteiger partial charge in [0.05, 0.1) is 35.7 Å². The van der Waals surface area contributed by atoms with E-state index in [1.54, 1.807) is 6.92 Å². The van der Waals surface area contributed by atoms with Gasteiger partial charge in [-0.2, -0.15) is 0 Å². The van der Waals surface area contributed by atoms with Crippen molar-refractivity contribution in [2.45, 2.75) is 13.8 Å². The van der Waals surface area contributed by atoms with Gasteiger partial charge in [0.1, 0.15) is 17.3 Å². The van der Waals surface area contributed by atoms with Crippen LogP contribution < -0.4 is 15.8 Å². The molecule has 3 N–H and O–H groups in total. The highest BCUT2D eigenvalue weighted by molar-refractivity contribution is 7.13. The predicted molar refractivity (Wildman–Crippen MR) is 100 cm³/mol. The number of hydrogen-bond donors (Lipinski definition) is 2. The molecular formula is C17H15FN6O2S. The average molecular weight is 386 g/mol. The number of amidine groups is 1. The third kappa shape index (κ3) is 4.82. The van der Waals surface area contributed by atoms with Gasteiger partial charge in [-0.15, -0.1) is 11.3 Å². The van der Waals surface area contributed by atoms with Gasteiger partial charge < -0.3 is 10.5 Å². The maximum Gasteiger partial charge on any atom is 0.261 e. The molecule has 138 valence electrons. The predicted octanol–water partition coefficient (Wildman–Crippen LogP) is 3.43. The molecule has 0 aliphatic carbocycles. The van der Waals surface area contributed by atoms with Crippen molar-refractivity contribution in [3.05, 3.63) is 53.2 Å². The number of pyridine rings is 2. The Morgan fingerprint density at radius 3 is 2.74 bits per heavy atom. The Morgan fingerprint density at radius 2 is 2.07 bits per heavy atom. The highest BCUT2D eigenvalue weighted by atomic mass is 32.1. The van der Waals surface area contributed by atoms with Crippen molar-refractivity contribution in [1.82, 2.24) is 15.0 Å². The molecule has 0 aromatic carbocycles. The van der Waals surface area contributed by atoms with E-state index < -0.39 is 11.7 Å². The smallest absolute Gasteiger partial charge is 0.261 e. The van der Waals surface area contributed by atoms with E-state index in [9.17, 15) is 9.18 Å². The second-order valence-electron chi connectivity index (χ2n) is 5.48. The van der Waals surface area contributed by atoms with Crippen LogP contribution in [0.2, 0.25) is 0 Å². The lowest BCUT2D eigenvalue weighted by Gasteiger charge is -2.09. The number of ether oxygens (including phenoxy) is 1. The van der Waals surface area contributed by atoms with Crippen LogP contribution in [0.3, 0.4) is 0 Å². The lowest BCUT2D eigenvalue weighted by atomic mass is 10.2. The zero-order valence-electron chi connectivity index (χ0n) is 14.4. The minimum Gasteiger partial charge on any atom is -0.454 e. The van der Waals surface area contributed by atoms with E-state index in [1.165, 1.54) is 35.9 Å². The van der Waals surface area contributed by atoms with Gasteiger partial charge in [-0.1, -0.05) is 0 Å². The maximum absolute atomic E-state index is 13.3. The first kappa shape index (κ1) is 18.4. The summed E-state index contributed by atoms with van der Waals surface area (Å²) in [5.74, 6) is -0.256. The Balaban J connectivity index is 1.92. The van der Waals surface area contributed by atoms with E-state index in [0.717, 1.165) is 11.9 Å². The zero-order chi connectivity index (χ0) is 19.4. The Morgan fingerprint density at radius 1 is 1.30 bits per heavy atom. The first-order valence-corrected chi connectivity index (χ1v) is 8.61. The normalized spacial score (nSPS) is 11.3. The number of halogens is 1. The van der Waals surface area contributed by atoms with Crippen LogP contribution >= 0.6 is 11.3 Å². The van der Waals surface area contributed by atoms with Gasteiger partial charge in [-0.05, 0) is 19.9 Å². The number of amides is 1. The summed E-state index contributed by atoms with van der Waals surface area (Å²) < 4.78 is 18.8. The molecule has 1 amide bonds. The average Bonchev–Trinajstić information content (AvgIpc) is 3.00. The van der Waals surface area contributed by atoms with Crippen LogP contribution in [0.1, 0.15) is 23.0 Å². The van der Waals surface area contributed by atoms with Crippen molar-refractivity contribution in [3.63, 3.8) is 0 Å². The SMILES string of the molecule is C/C(N)=N/c1ncc(Oc2cncc(F)c2)cc1C(=O)Nc1nc(C)cs1. The molecule has 0 saturated heterocycles. The molecule has 3 aromatic heterocycles. The lowest BCUT2D eigenvalue weighted by molar-refractivity contribution is 0.102. The number of hydrogen-bond acceptors (Lipinski definition) is 7. The van der Waals surface area contributed by atoms with Gasteiger partial charge >= 0.3 is 0 Å². The summed E-state index contributed by atoms with van der Waals surface area (Å²) in [4.78, 5) is 28.7. The molecule has 27 heavy (non-hydrogen) atoms. The molecule has 0 unspecified atom stereocenters. The number of aryl methyl sites for hydroxylation is 1. The van der Waals surface area contributed by atoms with Crippen molar-refractivity contribution in [3.8, 4) is 11.5 Å². The lowest BCUT2D eigenvalue weighted by Crippen LogP contribution is -2.13. The Labute approximate surface area is 158 Å². The number of rotatable bonds is 5. The van der Waals surface area contributed by atoms with Gasteiger partial charge in [-0.3, -0.25) is 15.1 Å². The Bertz CT molecular complexity index is 1020. The summed E-state index contributed by atoms with van der Waals surface area (Å²) in [6.07, 6.45) is 3.76. The molecule has 3 aromatic rings. The summed E-state index contributed by atoms with van der Waals surface area (Å²) in [6, 6.07) is 2.61. The molecule has 0 fully saturated rings. The fourth-order valence-electron chi connectivity index (χ4n) is 2.08. The molecule has 0 saturated carbocycles.